The number of hydrogen-bond acceptors (Lipinski definition) is 10. The normalized spacial score (nSPS) is 22.2. The van der Waals surface area contributed by atoms with Crippen LogP contribution < -0.4 is 0 Å². The molecule has 0 aromatic heterocycles. The molecular weight excluding hydrogens is 605 g/mol. The van der Waals surface area contributed by atoms with E-state index in [1.807, 2.05) is 6.26 Å². The van der Waals surface area contributed by atoms with Crippen LogP contribution in [-0.4, -0.2) is 102 Å². The van der Waals surface area contributed by atoms with Crippen LogP contribution in [0.3, 0.4) is 0 Å². The maximum Gasteiger partial charge on any atom is 0.418 e. The van der Waals surface area contributed by atoms with Crippen LogP contribution in [0.1, 0.15) is 71.1 Å². The molecule has 12 nitrogen and oxygen atoms in total. The van der Waals surface area contributed by atoms with E-state index in [0.717, 1.165) is 57.1 Å². The van der Waals surface area contributed by atoms with Crippen LogP contribution in [0, 0.1) is 0 Å². The molecule has 2 saturated carbocycles. The number of thioether (sulfide) groups is 1. The maximum absolute atomic E-state index is 13.2. The first kappa shape index (κ1) is 34.2. The van der Waals surface area contributed by atoms with E-state index in [-0.39, 0.29) is 39.8 Å². The number of hydrogen-bond donors (Lipinski definition) is 0. The van der Waals surface area contributed by atoms with Crippen LogP contribution in [0.4, 0.5) is 9.59 Å². The third-order valence-electron chi connectivity index (χ3n) is 8.58. The van der Waals surface area contributed by atoms with Gasteiger partial charge in [0.25, 0.3) is 5.88 Å². The molecular formula is C30H47N6O6S2+. The van der Waals surface area contributed by atoms with Crippen molar-refractivity contribution in [2.24, 2.45) is 15.3 Å². The van der Waals surface area contributed by atoms with Crippen molar-refractivity contribution in [2.45, 2.75) is 83.2 Å². The molecule has 0 spiro atoms. The topological polar surface area (TPSA) is 122 Å². The molecule has 2 aliphatic heterocycles. The second kappa shape index (κ2) is 15.0. The van der Waals surface area contributed by atoms with E-state index in [2.05, 4.69) is 5.11 Å². The number of azo groups is 1. The zero-order valence-corrected chi connectivity index (χ0v) is 28.7. The first-order valence-electron chi connectivity index (χ1n) is 15.3. The first-order valence-corrected chi connectivity index (χ1v) is 18.3. The van der Waals surface area contributed by atoms with E-state index >= 15 is 0 Å². The minimum atomic E-state index is -1.53. The summed E-state index contributed by atoms with van der Waals surface area (Å²) < 4.78 is 30.8. The fraction of sp³-hybridized carbons (Fsp3) is 0.700. The summed E-state index contributed by atoms with van der Waals surface area (Å²) >= 11 is 1.62. The lowest BCUT2D eigenvalue weighted by atomic mass is 9.87. The van der Waals surface area contributed by atoms with Crippen LogP contribution in [0.5, 0.6) is 0 Å². The van der Waals surface area contributed by atoms with E-state index in [4.69, 9.17) is 24.4 Å². The van der Waals surface area contributed by atoms with Gasteiger partial charge in [-0.15, -0.1) is 14.8 Å². The van der Waals surface area contributed by atoms with Crippen molar-refractivity contribution < 1.29 is 32.6 Å². The van der Waals surface area contributed by atoms with Gasteiger partial charge in [-0.3, -0.25) is 4.21 Å². The van der Waals surface area contributed by atoms with Gasteiger partial charge in [-0.1, -0.05) is 17.9 Å². The lowest BCUT2D eigenvalue weighted by Crippen LogP contribution is -2.58. The summed E-state index contributed by atoms with van der Waals surface area (Å²) in [5, 5.41) is 14.6. The molecule has 14 heteroatoms. The Morgan fingerprint density at radius 1 is 0.955 bits per heavy atom. The minimum Gasteiger partial charge on any atom is -0.468 e. The Morgan fingerprint density at radius 2 is 1.50 bits per heavy atom. The molecule has 1 unspecified atom stereocenters. The minimum absolute atomic E-state index is 0.0715. The zero-order valence-electron chi connectivity index (χ0n) is 27.1. The SMILES string of the molecule is CSCC1=N[N+](C2CCCCC2)(C2CCCCC2)C(OC(=O)N(C)C)=C1N=NC1=C(S(C)=O)C(C)=C(OC(=O)N(C)C)CO1. The highest BCUT2D eigenvalue weighted by molar-refractivity contribution is 7.99. The molecule has 4 rings (SSSR count). The molecule has 4 aliphatic rings. The molecule has 1 atom stereocenters. The van der Waals surface area contributed by atoms with Gasteiger partial charge in [-0.25, -0.2) is 9.59 Å². The number of allylic oxidation sites excluding steroid dienone is 2. The van der Waals surface area contributed by atoms with Gasteiger partial charge in [0.1, 0.15) is 29.3 Å². The van der Waals surface area contributed by atoms with Crippen molar-refractivity contribution >= 4 is 40.5 Å². The molecule has 0 aromatic carbocycles. The molecule has 2 aliphatic carbocycles. The van der Waals surface area contributed by atoms with E-state index in [0.29, 0.717) is 22.9 Å². The fourth-order valence-corrected chi connectivity index (χ4v) is 7.72. The Balaban J connectivity index is 1.88. The highest BCUT2D eigenvalue weighted by Gasteiger charge is 2.57. The second-order valence-electron chi connectivity index (χ2n) is 12.1. The van der Waals surface area contributed by atoms with Crippen LogP contribution in [0.15, 0.2) is 49.0 Å². The second-order valence-corrected chi connectivity index (χ2v) is 14.3. The molecule has 0 N–H and O–H groups in total. The van der Waals surface area contributed by atoms with Crippen LogP contribution in [-0.2, 0) is 25.0 Å². The maximum atomic E-state index is 13.2. The van der Waals surface area contributed by atoms with Crippen LogP contribution >= 0.6 is 11.8 Å². The molecule has 2 heterocycles. The van der Waals surface area contributed by atoms with Crippen molar-refractivity contribution in [3.8, 4) is 0 Å². The average molecular weight is 652 g/mol. The van der Waals surface area contributed by atoms with E-state index in [1.54, 1.807) is 46.9 Å². The number of ether oxygens (including phenoxy) is 3. The molecule has 0 bridgehead atoms. The Bertz CT molecular complexity index is 1270. The van der Waals surface area contributed by atoms with Gasteiger partial charge in [0.2, 0.25) is 5.70 Å². The van der Waals surface area contributed by atoms with Crippen molar-refractivity contribution in [3.63, 3.8) is 0 Å². The smallest absolute Gasteiger partial charge is 0.418 e. The number of nitrogens with zero attached hydrogens (tertiary/aromatic N) is 6. The van der Waals surface area contributed by atoms with Gasteiger partial charge in [0.05, 0.1) is 10.8 Å². The Kier molecular flexibility index (Phi) is 11.7. The third kappa shape index (κ3) is 7.23. The zero-order chi connectivity index (χ0) is 32.0. The van der Waals surface area contributed by atoms with Crippen LogP contribution in [0.2, 0.25) is 0 Å². The van der Waals surface area contributed by atoms with E-state index in [9.17, 15) is 13.8 Å². The van der Waals surface area contributed by atoms with Gasteiger partial charge in [-0.2, -0.15) is 11.8 Å². The molecule has 44 heavy (non-hydrogen) atoms. The summed E-state index contributed by atoms with van der Waals surface area (Å²) in [6.45, 7) is 1.65. The largest absolute Gasteiger partial charge is 0.468 e. The average Bonchev–Trinajstić information content (AvgIpc) is 3.31. The Hall–Kier alpha value is -2.71. The predicted octanol–water partition coefficient (Wildman–Crippen LogP) is 6.07. The lowest BCUT2D eigenvalue weighted by Gasteiger charge is -2.45. The Morgan fingerprint density at radius 3 is 2.00 bits per heavy atom. The van der Waals surface area contributed by atoms with E-state index < -0.39 is 23.0 Å². The molecule has 2 amide bonds. The summed E-state index contributed by atoms with van der Waals surface area (Å²) in [5.41, 5.74) is 1.66. The molecule has 0 radical (unpaired) electrons. The predicted molar refractivity (Wildman–Crippen MR) is 172 cm³/mol. The summed E-state index contributed by atoms with van der Waals surface area (Å²) in [4.78, 5) is 28.5. The van der Waals surface area contributed by atoms with Crippen molar-refractivity contribution in [1.29, 1.82) is 0 Å². The van der Waals surface area contributed by atoms with Gasteiger partial charge < -0.3 is 24.0 Å². The molecule has 0 saturated heterocycles. The summed E-state index contributed by atoms with van der Waals surface area (Å²) in [6, 6.07) is 0.341. The van der Waals surface area contributed by atoms with Gasteiger partial charge in [-0.05, 0) is 38.9 Å². The van der Waals surface area contributed by atoms with Crippen LogP contribution in [0.25, 0.3) is 0 Å². The third-order valence-corrected chi connectivity index (χ3v) is 10.2. The number of amides is 2. The van der Waals surface area contributed by atoms with Crippen molar-refractivity contribution in [1.82, 2.24) is 9.80 Å². The molecule has 0 aromatic rings. The monoisotopic (exact) mass is 651 g/mol. The number of carbonyl (C=O) groups is 2. The number of rotatable bonds is 9. The van der Waals surface area contributed by atoms with Gasteiger partial charge in [0, 0.05) is 71.5 Å². The summed E-state index contributed by atoms with van der Waals surface area (Å²) in [6.07, 6.45) is 13.2. The summed E-state index contributed by atoms with van der Waals surface area (Å²) in [5.74, 6) is 1.33. The van der Waals surface area contributed by atoms with E-state index in [1.165, 1.54) is 28.9 Å². The quantitative estimate of drug-likeness (QED) is 0.219. The van der Waals surface area contributed by atoms with Gasteiger partial charge >= 0.3 is 18.1 Å². The molecule has 244 valence electrons. The fourth-order valence-electron chi connectivity index (χ4n) is 6.36. The van der Waals surface area contributed by atoms with Crippen molar-refractivity contribution in [2.75, 3.05) is 53.1 Å². The summed E-state index contributed by atoms with van der Waals surface area (Å²) in [7, 11) is 4.97. The number of carbonyl (C=O) groups excluding carboxylic acids is 2. The highest BCUT2D eigenvalue weighted by atomic mass is 32.2. The number of quaternary nitrogens is 1. The van der Waals surface area contributed by atoms with Gasteiger partial charge in [0.15, 0.2) is 5.76 Å². The first-order chi connectivity index (χ1) is 21.0. The van der Waals surface area contributed by atoms with Crippen molar-refractivity contribution in [3.05, 3.63) is 33.7 Å². The standard InChI is InChI=1S/C30H47N6O6S2/c1-20-24(41-29(37)34(2)3)18-40-27(26(20)44(7)39)32-31-25-23(19-43-6)33-36(21-14-10-8-11-15-21,22-16-12-9-13-17-22)28(25)42-30(38)35(4)5/h21-22H,8-19H2,1-7H3/q+1. The lowest BCUT2D eigenvalue weighted by molar-refractivity contribution is -0.958. The highest BCUT2D eigenvalue weighted by Crippen LogP contribution is 2.46. The Labute approximate surface area is 267 Å². The molecule has 2 fully saturated rings.